The van der Waals surface area contributed by atoms with Gasteiger partial charge in [-0.2, -0.15) is 0 Å². The Bertz CT molecular complexity index is 419. The molecule has 5 heteroatoms. The summed E-state index contributed by atoms with van der Waals surface area (Å²) in [5.41, 5.74) is 0.391. The molecule has 1 N–H and O–H groups in total. The standard InChI is InChI=1S/C13H20N2O2S/c1-4-9-5-6-10(8(9)2)14-13-15-11(7-18-13)12(16)17-3/h7-10H,4-6H2,1-3H3,(H,14,15). The average Bonchev–Trinajstić information content (AvgIpc) is 2.97. The molecule has 1 fully saturated rings. The fourth-order valence-electron chi connectivity index (χ4n) is 2.72. The number of anilines is 1. The van der Waals surface area contributed by atoms with Crippen LogP contribution in [-0.4, -0.2) is 24.1 Å². The number of esters is 1. The van der Waals surface area contributed by atoms with Gasteiger partial charge in [-0.3, -0.25) is 0 Å². The molecule has 1 saturated carbocycles. The van der Waals surface area contributed by atoms with Crippen LogP contribution in [0, 0.1) is 11.8 Å². The summed E-state index contributed by atoms with van der Waals surface area (Å²) in [5, 5.41) is 6.02. The van der Waals surface area contributed by atoms with Gasteiger partial charge in [-0.05, 0) is 24.7 Å². The number of carbonyl (C=O) groups excluding carboxylic acids is 1. The summed E-state index contributed by atoms with van der Waals surface area (Å²) in [6.45, 7) is 4.55. The first-order valence-corrected chi connectivity index (χ1v) is 7.34. The molecule has 1 aliphatic carbocycles. The fourth-order valence-corrected chi connectivity index (χ4v) is 3.47. The van der Waals surface area contributed by atoms with Crippen LogP contribution in [-0.2, 0) is 4.74 Å². The zero-order valence-electron chi connectivity index (χ0n) is 11.1. The van der Waals surface area contributed by atoms with E-state index in [1.54, 1.807) is 5.38 Å². The zero-order chi connectivity index (χ0) is 13.1. The van der Waals surface area contributed by atoms with E-state index in [4.69, 9.17) is 0 Å². The maximum Gasteiger partial charge on any atom is 0.357 e. The lowest BCUT2D eigenvalue weighted by Crippen LogP contribution is -2.24. The van der Waals surface area contributed by atoms with Gasteiger partial charge in [0.15, 0.2) is 10.8 Å². The molecule has 0 aliphatic heterocycles. The molecule has 1 aromatic heterocycles. The molecule has 2 rings (SSSR count). The van der Waals surface area contributed by atoms with Crippen LogP contribution in [0.4, 0.5) is 5.13 Å². The minimum Gasteiger partial charge on any atom is -0.464 e. The number of nitrogens with one attached hydrogen (secondary N) is 1. The van der Waals surface area contributed by atoms with Crippen LogP contribution in [0.1, 0.15) is 43.6 Å². The molecule has 1 aromatic rings. The summed E-state index contributed by atoms with van der Waals surface area (Å²) in [4.78, 5) is 15.6. The highest BCUT2D eigenvalue weighted by Gasteiger charge is 2.31. The molecule has 3 atom stereocenters. The van der Waals surface area contributed by atoms with Crippen molar-refractivity contribution in [3.63, 3.8) is 0 Å². The van der Waals surface area contributed by atoms with E-state index in [9.17, 15) is 4.79 Å². The smallest absolute Gasteiger partial charge is 0.357 e. The monoisotopic (exact) mass is 268 g/mol. The van der Waals surface area contributed by atoms with Crippen LogP contribution in [0.5, 0.6) is 0 Å². The summed E-state index contributed by atoms with van der Waals surface area (Å²) in [6, 6.07) is 0.478. The van der Waals surface area contributed by atoms with Gasteiger partial charge in [0, 0.05) is 11.4 Å². The van der Waals surface area contributed by atoms with Gasteiger partial charge in [-0.15, -0.1) is 11.3 Å². The van der Waals surface area contributed by atoms with Crippen LogP contribution in [0.2, 0.25) is 0 Å². The van der Waals surface area contributed by atoms with Crippen LogP contribution in [0.25, 0.3) is 0 Å². The second-order valence-electron chi connectivity index (χ2n) is 4.89. The lowest BCUT2D eigenvalue weighted by molar-refractivity contribution is 0.0595. The molecule has 18 heavy (non-hydrogen) atoms. The van der Waals surface area contributed by atoms with Gasteiger partial charge < -0.3 is 10.1 Å². The molecule has 100 valence electrons. The van der Waals surface area contributed by atoms with E-state index >= 15 is 0 Å². The van der Waals surface area contributed by atoms with Crippen molar-refractivity contribution in [1.29, 1.82) is 0 Å². The normalized spacial score (nSPS) is 27.2. The van der Waals surface area contributed by atoms with Crippen LogP contribution < -0.4 is 5.32 Å². The van der Waals surface area contributed by atoms with E-state index in [-0.39, 0.29) is 5.97 Å². The molecule has 0 bridgehead atoms. The molecule has 0 spiro atoms. The largest absolute Gasteiger partial charge is 0.464 e. The van der Waals surface area contributed by atoms with Crippen LogP contribution in [0.3, 0.4) is 0 Å². The van der Waals surface area contributed by atoms with E-state index in [2.05, 4.69) is 28.9 Å². The number of hydrogen-bond donors (Lipinski definition) is 1. The van der Waals surface area contributed by atoms with Crippen molar-refractivity contribution >= 4 is 22.4 Å². The van der Waals surface area contributed by atoms with Crippen LogP contribution >= 0.6 is 11.3 Å². The number of carbonyl (C=O) groups is 1. The Balaban J connectivity index is 1.98. The molecule has 1 heterocycles. The van der Waals surface area contributed by atoms with Crippen molar-refractivity contribution in [1.82, 2.24) is 4.98 Å². The van der Waals surface area contributed by atoms with Gasteiger partial charge in [0.1, 0.15) is 0 Å². The van der Waals surface area contributed by atoms with Gasteiger partial charge in [-0.25, -0.2) is 9.78 Å². The lowest BCUT2D eigenvalue weighted by atomic mass is 9.94. The summed E-state index contributed by atoms with van der Waals surface area (Å²) in [7, 11) is 1.37. The van der Waals surface area contributed by atoms with Crippen molar-refractivity contribution in [2.45, 2.75) is 39.2 Å². The first-order valence-electron chi connectivity index (χ1n) is 6.46. The molecule has 3 unspecified atom stereocenters. The Kier molecular flexibility index (Phi) is 4.22. The maximum absolute atomic E-state index is 11.3. The Labute approximate surface area is 112 Å². The molecule has 0 aromatic carbocycles. The van der Waals surface area contributed by atoms with Gasteiger partial charge in [0.05, 0.1) is 7.11 Å². The highest BCUT2D eigenvalue weighted by atomic mass is 32.1. The van der Waals surface area contributed by atoms with Gasteiger partial charge in [0.25, 0.3) is 0 Å². The summed E-state index contributed by atoms with van der Waals surface area (Å²) in [6.07, 6.45) is 3.71. The number of ether oxygens (including phenoxy) is 1. The SMILES string of the molecule is CCC1CCC(Nc2nc(C(=O)OC)cs2)C1C. The molecule has 0 amide bonds. The topological polar surface area (TPSA) is 51.2 Å². The quantitative estimate of drug-likeness (QED) is 0.852. The van der Waals surface area contributed by atoms with E-state index in [0.29, 0.717) is 17.7 Å². The Morgan fingerprint density at radius 2 is 2.39 bits per heavy atom. The molecule has 0 saturated heterocycles. The number of methoxy groups -OCH3 is 1. The average molecular weight is 268 g/mol. The van der Waals surface area contributed by atoms with E-state index in [0.717, 1.165) is 11.0 Å². The third kappa shape index (κ3) is 2.66. The third-order valence-corrected chi connectivity index (χ3v) is 4.73. The molecule has 0 radical (unpaired) electrons. The predicted octanol–water partition coefficient (Wildman–Crippen LogP) is 3.17. The first kappa shape index (κ1) is 13.3. The van der Waals surface area contributed by atoms with Gasteiger partial charge >= 0.3 is 5.97 Å². The Hall–Kier alpha value is -1.10. The number of aromatic nitrogens is 1. The molecule has 4 nitrogen and oxygen atoms in total. The lowest BCUT2D eigenvalue weighted by Gasteiger charge is -2.20. The Morgan fingerprint density at radius 3 is 3.00 bits per heavy atom. The van der Waals surface area contributed by atoms with Gasteiger partial charge in [-0.1, -0.05) is 20.3 Å². The van der Waals surface area contributed by atoms with Crippen LogP contribution in [0.15, 0.2) is 5.38 Å². The van der Waals surface area contributed by atoms with Crippen molar-refractivity contribution in [3.05, 3.63) is 11.1 Å². The number of thiazole rings is 1. The minimum atomic E-state index is -0.370. The molecular formula is C13H20N2O2S. The van der Waals surface area contributed by atoms with Crippen molar-refractivity contribution < 1.29 is 9.53 Å². The zero-order valence-corrected chi connectivity index (χ0v) is 11.9. The van der Waals surface area contributed by atoms with Crippen molar-refractivity contribution in [3.8, 4) is 0 Å². The maximum atomic E-state index is 11.3. The fraction of sp³-hybridized carbons (Fsp3) is 0.692. The summed E-state index contributed by atoms with van der Waals surface area (Å²) in [5.74, 6) is 1.10. The predicted molar refractivity (Wildman–Crippen MR) is 73.0 cm³/mol. The van der Waals surface area contributed by atoms with Gasteiger partial charge in [0.2, 0.25) is 0 Å². The van der Waals surface area contributed by atoms with E-state index in [1.807, 2.05) is 0 Å². The molecule has 1 aliphatic rings. The highest BCUT2D eigenvalue weighted by Crippen LogP contribution is 2.36. The van der Waals surface area contributed by atoms with Crippen molar-refractivity contribution in [2.24, 2.45) is 11.8 Å². The minimum absolute atomic E-state index is 0.370. The second kappa shape index (κ2) is 5.69. The summed E-state index contributed by atoms with van der Waals surface area (Å²) < 4.78 is 4.65. The summed E-state index contributed by atoms with van der Waals surface area (Å²) >= 11 is 1.47. The molecular weight excluding hydrogens is 248 g/mol. The Morgan fingerprint density at radius 1 is 1.61 bits per heavy atom. The van der Waals surface area contributed by atoms with E-state index < -0.39 is 0 Å². The number of hydrogen-bond acceptors (Lipinski definition) is 5. The number of rotatable bonds is 4. The highest BCUT2D eigenvalue weighted by molar-refractivity contribution is 7.13. The third-order valence-electron chi connectivity index (χ3n) is 3.96. The van der Waals surface area contributed by atoms with Crippen molar-refractivity contribution in [2.75, 3.05) is 12.4 Å². The number of nitrogens with zero attached hydrogens (tertiary/aromatic N) is 1. The van der Waals surface area contributed by atoms with E-state index in [1.165, 1.54) is 37.7 Å². The first-order chi connectivity index (χ1) is 8.65. The second-order valence-corrected chi connectivity index (χ2v) is 5.74.